The van der Waals surface area contributed by atoms with E-state index >= 15 is 0 Å². The molecule has 19 heavy (non-hydrogen) atoms. The van der Waals surface area contributed by atoms with Gasteiger partial charge in [-0.15, -0.1) is 0 Å². The van der Waals surface area contributed by atoms with Gasteiger partial charge in [-0.3, -0.25) is 0 Å². The minimum Gasteiger partial charge on any atom is -0.502 e. The van der Waals surface area contributed by atoms with E-state index in [1.54, 1.807) is 12.1 Å². The molecule has 1 aromatic carbocycles. The second-order valence-corrected chi connectivity index (χ2v) is 4.76. The summed E-state index contributed by atoms with van der Waals surface area (Å²) < 4.78 is 5.42. The molecule has 1 N–H and O–H groups in total. The average molecular weight is 374 g/mol. The van der Waals surface area contributed by atoms with Crippen LogP contribution in [-0.4, -0.2) is 23.3 Å². The van der Waals surface area contributed by atoms with E-state index in [0.717, 1.165) is 9.65 Å². The Kier molecular flexibility index (Phi) is 6.20. The Morgan fingerprint density at radius 2 is 1.84 bits per heavy atom. The number of carbonyl (C=O) groups is 3. The Labute approximate surface area is 123 Å². The zero-order valence-corrected chi connectivity index (χ0v) is 12.0. The summed E-state index contributed by atoms with van der Waals surface area (Å²) in [6, 6.07) is 6.43. The third-order valence-electron chi connectivity index (χ3n) is 2.10. The first-order chi connectivity index (χ1) is 9.04. The Hall–Kier alpha value is -1.70. The molecule has 0 saturated heterocycles. The molecule has 0 atom stereocenters. The number of carbonyl (C=O) groups excluding carboxylic acids is 3. The van der Waals surface area contributed by atoms with Gasteiger partial charge in [0, 0.05) is 9.99 Å². The average Bonchev–Trinajstić information content (AvgIpc) is 2.39. The summed E-state index contributed by atoms with van der Waals surface area (Å²) in [6.45, 7) is 0. The Morgan fingerprint density at radius 1 is 1.21 bits per heavy atom. The maximum atomic E-state index is 11.6. The minimum absolute atomic E-state index is 0.183. The number of aldehydes is 1. The lowest BCUT2D eigenvalue weighted by atomic mass is 10.2. The predicted molar refractivity (Wildman–Crippen MR) is 75.6 cm³/mol. The molecule has 0 aromatic heterocycles. The molecule has 0 spiro atoms. The van der Waals surface area contributed by atoms with Crippen molar-refractivity contribution in [3.05, 3.63) is 45.2 Å². The van der Waals surface area contributed by atoms with Crippen LogP contribution in [0.25, 0.3) is 0 Å². The number of allylic oxidation sites excluding steroid dienone is 1. The molecule has 1 rings (SSSR count). The topological polar surface area (TPSA) is 80.7 Å². The van der Waals surface area contributed by atoms with Crippen LogP contribution in [0.1, 0.15) is 23.2 Å². The molecule has 1 aromatic rings. The molecular weight excluding hydrogens is 363 g/mol. The number of aliphatic hydroxyl groups is 1. The molecule has 0 bridgehead atoms. The molecule has 0 aliphatic carbocycles. The van der Waals surface area contributed by atoms with Crippen LogP contribution >= 0.6 is 22.6 Å². The largest absolute Gasteiger partial charge is 0.502 e. The zero-order valence-electron chi connectivity index (χ0n) is 9.84. The van der Waals surface area contributed by atoms with Gasteiger partial charge in [0.25, 0.3) is 0 Å². The number of esters is 2. The van der Waals surface area contributed by atoms with E-state index in [2.05, 4.69) is 27.3 Å². The Bertz CT molecular complexity index is 504. The maximum Gasteiger partial charge on any atom is 0.380 e. The molecule has 0 aliphatic rings. The molecule has 0 heterocycles. The Balaban J connectivity index is 2.61. The highest BCUT2D eigenvalue weighted by molar-refractivity contribution is 14.1. The molecule has 0 unspecified atom stereocenters. The number of hydrogen-bond donors (Lipinski definition) is 1. The normalized spacial score (nSPS) is 10.9. The first-order valence-electron chi connectivity index (χ1n) is 5.39. The maximum absolute atomic E-state index is 11.6. The predicted octanol–water partition coefficient (Wildman–Crippen LogP) is 2.40. The number of ether oxygens (including phenoxy) is 1. The van der Waals surface area contributed by atoms with Crippen LogP contribution in [0.2, 0.25) is 0 Å². The number of benzene rings is 1. The lowest BCUT2D eigenvalue weighted by Crippen LogP contribution is -2.14. The summed E-state index contributed by atoms with van der Waals surface area (Å²) in [4.78, 5) is 33.0. The van der Waals surface area contributed by atoms with Crippen molar-refractivity contribution in [1.82, 2.24) is 0 Å². The summed E-state index contributed by atoms with van der Waals surface area (Å²) >= 11 is 2.08. The smallest absolute Gasteiger partial charge is 0.380 e. The lowest BCUT2D eigenvalue weighted by Gasteiger charge is -2.02. The summed E-state index contributed by atoms with van der Waals surface area (Å²) in [5.74, 6) is -2.65. The van der Waals surface area contributed by atoms with Gasteiger partial charge >= 0.3 is 11.9 Å². The standard InChI is InChI=1S/C13H11IO5/c14-10-6-4-9(5-7-10)12(17)19-13(18)11(16)3-1-2-8-15/h3-8,16H,1-2H2. The van der Waals surface area contributed by atoms with Crippen molar-refractivity contribution in [2.24, 2.45) is 0 Å². The van der Waals surface area contributed by atoms with Crippen molar-refractivity contribution in [1.29, 1.82) is 0 Å². The van der Waals surface area contributed by atoms with Crippen molar-refractivity contribution in [3.8, 4) is 0 Å². The van der Waals surface area contributed by atoms with Crippen LogP contribution in [0.3, 0.4) is 0 Å². The molecule has 5 nitrogen and oxygen atoms in total. The van der Waals surface area contributed by atoms with Crippen molar-refractivity contribution >= 4 is 40.8 Å². The number of hydrogen-bond acceptors (Lipinski definition) is 5. The van der Waals surface area contributed by atoms with Crippen LogP contribution < -0.4 is 0 Å². The molecular formula is C13H11IO5. The summed E-state index contributed by atoms with van der Waals surface area (Å²) in [5, 5.41) is 9.30. The van der Waals surface area contributed by atoms with Gasteiger partial charge in [0.1, 0.15) is 6.29 Å². The fourth-order valence-electron chi connectivity index (χ4n) is 1.15. The van der Waals surface area contributed by atoms with Gasteiger partial charge in [-0.2, -0.15) is 0 Å². The fourth-order valence-corrected chi connectivity index (χ4v) is 1.51. The van der Waals surface area contributed by atoms with Crippen LogP contribution in [0.4, 0.5) is 0 Å². The van der Waals surface area contributed by atoms with Crippen LogP contribution in [-0.2, 0) is 14.3 Å². The van der Waals surface area contributed by atoms with Gasteiger partial charge in [0.05, 0.1) is 5.56 Å². The van der Waals surface area contributed by atoms with Gasteiger partial charge in [0.15, 0.2) is 5.76 Å². The third kappa shape index (κ3) is 5.21. The first kappa shape index (κ1) is 15.4. The van der Waals surface area contributed by atoms with Crippen molar-refractivity contribution in [2.75, 3.05) is 0 Å². The fraction of sp³-hybridized carbons (Fsp3) is 0.154. The first-order valence-corrected chi connectivity index (χ1v) is 6.47. The van der Waals surface area contributed by atoms with Gasteiger partial charge < -0.3 is 14.6 Å². The van der Waals surface area contributed by atoms with E-state index in [0.29, 0.717) is 6.29 Å². The molecule has 100 valence electrons. The third-order valence-corrected chi connectivity index (χ3v) is 2.82. The number of unbranched alkanes of at least 4 members (excludes halogenated alkanes) is 1. The quantitative estimate of drug-likeness (QED) is 0.163. The molecule has 6 heteroatoms. The van der Waals surface area contributed by atoms with Crippen LogP contribution in [0.5, 0.6) is 0 Å². The minimum atomic E-state index is -1.13. The molecule has 0 radical (unpaired) electrons. The Morgan fingerprint density at radius 3 is 2.42 bits per heavy atom. The zero-order chi connectivity index (χ0) is 14.3. The van der Waals surface area contributed by atoms with Crippen molar-refractivity contribution in [3.63, 3.8) is 0 Å². The van der Waals surface area contributed by atoms with Gasteiger partial charge in [-0.1, -0.05) is 0 Å². The van der Waals surface area contributed by atoms with E-state index in [1.807, 2.05) is 0 Å². The van der Waals surface area contributed by atoms with Gasteiger partial charge in [0.2, 0.25) is 0 Å². The molecule has 0 saturated carbocycles. The van der Waals surface area contributed by atoms with Crippen molar-refractivity contribution in [2.45, 2.75) is 12.8 Å². The monoisotopic (exact) mass is 374 g/mol. The number of aliphatic hydroxyl groups excluding tert-OH is 1. The van der Waals surface area contributed by atoms with E-state index in [-0.39, 0.29) is 18.4 Å². The summed E-state index contributed by atoms with van der Waals surface area (Å²) in [7, 11) is 0. The van der Waals surface area contributed by atoms with E-state index < -0.39 is 17.7 Å². The molecule has 0 amide bonds. The van der Waals surface area contributed by atoms with Crippen LogP contribution in [0.15, 0.2) is 36.1 Å². The van der Waals surface area contributed by atoms with E-state index in [1.165, 1.54) is 12.1 Å². The van der Waals surface area contributed by atoms with E-state index in [9.17, 15) is 19.5 Å². The van der Waals surface area contributed by atoms with Gasteiger partial charge in [-0.25, -0.2) is 9.59 Å². The highest BCUT2D eigenvalue weighted by Gasteiger charge is 2.16. The van der Waals surface area contributed by atoms with Gasteiger partial charge in [-0.05, 0) is 59.4 Å². The van der Waals surface area contributed by atoms with Crippen molar-refractivity contribution < 1.29 is 24.2 Å². The molecule has 0 aliphatic heterocycles. The summed E-state index contributed by atoms with van der Waals surface area (Å²) in [5.41, 5.74) is 0.217. The number of halogens is 1. The molecule has 0 fully saturated rings. The van der Waals surface area contributed by atoms with E-state index in [4.69, 9.17) is 0 Å². The highest BCUT2D eigenvalue weighted by atomic mass is 127. The van der Waals surface area contributed by atoms with Crippen LogP contribution in [0, 0.1) is 3.57 Å². The number of rotatable bonds is 5. The second kappa shape index (κ2) is 7.67. The SMILES string of the molecule is O=CCCC=C(O)C(=O)OC(=O)c1ccc(I)cc1. The second-order valence-electron chi connectivity index (χ2n) is 3.52. The summed E-state index contributed by atoms with van der Waals surface area (Å²) in [6.07, 6.45) is 2.19. The lowest BCUT2D eigenvalue weighted by molar-refractivity contribution is -0.136. The highest BCUT2D eigenvalue weighted by Crippen LogP contribution is 2.09.